The number of fused-ring (bicyclic) bond motifs is 1. The van der Waals surface area contributed by atoms with Crippen LogP contribution in [-0.4, -0.2) is 52.8 Å². The zero-order chi connectivity index (χ0) is 18.5. The molecule has 2 unspecified atom stereocenters. The lowest BCUT2D eigenvalue weighted by Crippen LogP contribution is -2.43. The molecule has 1 saturated heterocycles. The Kier molecular flexibility index (Phi) is 6.59. The smallest absolute Gasteiger partial charge is 0.240 e. The number of thioether (sulfide) groups is 1. The molecular formula is C20H30N4OS. The van der Waals surface area contributed by atoms with Crippen molar-refractivity contribution in [1.29, 1.82) is 0 Å². The molecule has 1 aliphatic rings. The van der Waals surface area contributed by atoms with E-state index in [0.717, 1.165) is 54.1 Å². The summed E-state index contributed by atoms with van der Waals surface area (Å²) in [6, 6.07) is 8.03. The predicted molar refractivity (Wildman–Crippen MR) is 109 cm³/mol. The van der Waals surface area contributed by atoms with Gasteiger partial charge in [0.2, 0.25) is 5.91 Å². The number of nitrogens with zero attached hydrogens (tertiary/aromatic N) is 3. The van der Waals surface area contributed by atoms with Crippen molar-refractivity contribution in [1.82, 2.24) is 19.8 Å². The number of hydrogen-bond acceptors (Lipinski definition) is 4. The van der Waals surface area contributed by atoms with Gasteiger partial charge in [-0.05, 0) is 36.6 Å². The highest BCUT2D eigenvalue weighted by Gasteiger charge is 2.21. The minimum Gasteiger partial charge on any atom is -0.353 e. The Hall–Kier alpha value is -1.53. The molecule has 1 amide bonds. The van der Waals surface area contributed by atoms with Crippen molar-refractivity contribution in [3.8, 4) is 0 Å². The average Bonchev–Trinajstić information content (AvgIpc) is 2.92. The molecule has 3 rings (SSSR count). The van der Waals surface area contributed by atoms with E-state index in [1.807, 2.05) is 28.8 Å². The van der Waals surface area contributed by atoms with Gasteiger partial charge in [0, 0.05) is 26.2 Å². The summed E-state index contributed by atoms with van der Waals surface area (Å²) in [5, 5.41) is 3.10. The van der Waals surface area contributed by atoms with Crippen LogP contribution >= 0.6 is 11.8 Å². The average molecular weight is 375 g/mol. The van der Waals surface area contributed by atoms with E-state index >= 15 is 0 Å². The molecule has 1 fully saturated rings. The summed E-state index contributed by atoms with van der Waals surface area (Å²) in [4.78, 5) is 19.7. The van der Waals surface area contributed by atoms with E-state index in [2.05, 4.69) is 35.3 Å². The Morgan fingerprint density at radius 3 is 2.73 bits per heavy atom. The van der Waals surface area contributed by atoms with Gasteiger partial charge in [-0.2, -0.15) is 11.8 Å². The number of rotatable bonds is 7. The third-order valence-electron chi connectivity index (χ3n) is 5.00. The Morgan fingerprint density at radius 1 is 1.27 bits per heavy atom. The van der Waals surface area contributed by atoms with Crippen LogP contribution in [-0.2, 0) is 17.1 Å². The van der Waals surface area contributed by atoms with E-state index in [1.165, 1.54) is 6.42 Å². The fourth-order valence-corrected chi connectivity index (χ4v) is 4.55. The number of carbonyl (C=O) groups is 1. The monoisotopic (exact) mass is 374 g/mol. The number of likely N-dealkylation sites (tertiary alicyclic amines) is 1. The fourth-order valence-electron chi connectivity index (χ4n) is 4.07. The topological polar surface area (TPSA) is 50.2 Å². The number of hydrogen-bond donors (Lipinski definition) is 1. The van der Waals surface area contributed by atoms with Gasteiger partial charge in [-0.3, -0.25) is 4.79 Å². The largest absolute Gasteiger partial charge is 0.353 e. The number of aromatic nitrogens is 2. The first-order chi connectivity index (χ1) is 12.6. The highest BCUT2D eigenvalue weighted by Crippen LogP contribution is 2.20. The quantitative estimate of drug-likeness (QED) is 0.809. The second kappa shape index (κ2) is 8.91. The second-order valence-electron chi connectivity index (χ2n) is 7.59. The van der Waals surface area contributed by atoms with Crippen LogP contribution in [0.25, 0.3) is 11.0 Å². The minimum absolute atomic E-state index is 0.0635. The molecule has 5 nitrogen and oxygen atoms in total. The van der Waals surface area contributed by atoms with E-state index in [9.17, 15) is 4.79 Å². The maximum Gasteiger partial charge on any atom is 0.240 e. The lowest BCUT2D eigenvalue weighted by Gasteiger charge is -2.34. The zero-order valence-corrected chi connectivity index (χ0v) is 16.9. The maximum absolute atomic E-state index is 12.5. The van der Waals surface area contributed by atoms with E-state index in [4.69, 9.17) is 0 Å². The number of imidazole rings is 1. The van der Waals surface area contributed by atoms with E-state index in [0.29, 0.717) is 13.1 Å². The van der Waals surface area contributed by atoms with Crippen LogP contribution in [0.1, 0.15) is 26.1 Å². The Labute approximate surface area is 160 Å². The number of benzene rings is 1. The maximum atomic E-state index is 12.5. The van der Waals surface area contributed by atoms with E-state index < -0.39 is 0 Å². The highest BCUT2D eigenvalue weighted by atomic mass is 32.2. The number of piperidine rings is 1. The number of para-hydroxylation sites is 2. The van der Waals surface area contributed by atoms with Gasteiger partial charge in [-0.15, -0.1) is 0 Å². The predicted octanol–water partition coefficient (Wildman–Crippen LogP) is 2.99. The van der Waals surface area contributed by atoms with E-state index in [-0.39, 0.29) is 5.91 Å². The van der Waals surface area contributed by atoms with Gasteiger partial charge < -0.3 is 14.8 Å². The molecule has 26 heavy (non-hydrogen) atoms. The van der Waals surface area contributed by atoms with Gasteiger partial charge >= 0.3 is 0 Å². The summed E-state index contributed by atoms with van der Waals surface area (Å²) in [7, 11) is 0. The molecule has 1 aliphatic heterocycles. The van der Waals surface area contributed by atoms with Gasteiger partial charge in [-0.25, -0.2) is 4.98 Å². The molecule has 0 radical (unpaired) electrons. The number of amides is 1. The van der Waals surface area contributed by atoms with Gasteiger partial charge in [0.15, 0.2) is 0 Å². The Balaban J connectivity index is 1.56. The molecule has 0 spiro atoms. The van der Waals surface area contributed by atoms with Crippen molar-refractivity contribution in [3.63, 3.8) is 0 Å². The molecule has 2 heterocycles. The summed E-state index contributed by atoms with van der Waals surface area (Å²) in [5.41, 5.74) is 1.99. The third kappa shape index (κ3) is 4.80. The van der Waals surface area contributed by atoms with Gasteiger partial charge in [0.25, 0.3) is 0 Å². The molecule has 142 valence electrons. The first-order valence-corrected chi connectivity index (χ1v) is 10.9. The molecule has 2 aromatic rings. The zero-order valence-electron chi connectivity index (χ0n) is 16.1. The summed E-state index contributed by atoms with van der Waals surface area (Å²) in [6.45, 7) is 8.90. The van der Waals surface area contributed by atoms with Crippen LogP contribution in [0, 0.1) is 11.8 Å². The second-order valence-corrected chi connectivity index (χ2v) is 8.46. The third-order valence-corrected chi connectivity index (χ3v) is 5.55. The van der Waals surface area contributed by atoms with Crippen LogP contribution in [0.4, 0.5) is 0 Å². The van der Waals surface area contributed by atoms with Crippen molar-refractivity contribution >= 4 is 28.7 Å². The van der Waals surface area contributed by atoms with Crippen LogP contribution in [0.15, 0.2) is 24.3 Å². The van der Waals surface area contributed by atoms with Crippen molar-refractivity contribution in [3.05, 3.63) is 30.1 Å². The summed E-state index contributed by atoms with van der Waals surface area (Å²) >= 11 is 1.73. The van der Waals surface area contributed by atoms with Crippen LogP contribution < -0.4 is 5.32 Å². The fraction of sp³-hybridized carbons (Fsp3) is 0.600. The first kappa shape index (κ1) is 19.2. The molecule has 2 atom stereocenters. The van der Waals surface area contributed by atoms with Gasteiger partial charge in [-0.1, -0.05) is 26.0 Å². The molecular weight excluding hydrogens is 344 g/mol. The van der Waals surface area contributed by atoms with Crippen molar-refractivity contribution in [2.75, 3.05) is 32.4 Å². The molecule has 1 aromatic heterocycles. The van der Waals surface area contributed by atoms with Crippen LogP contribution in [0.5, 0.6) is 0 Å². The molecule has 6 heteroatoms. The Morgan fingerprint density at radius 2 is 2.00 bits per heavy atom. The molecule has 1 N–H and O–H groups in total. The first-order valence-electron chi connectivity index (χ1n) is 9.49. The molecule has 1 aromatic carbocycles. The highest BCUT2D eigenvalue weighted by molar-refractivity contribution is 7.97. The lowest BCUT2D eigenvalue weighted by molar-refractivity contribution is -0.121. The standard InChI is InChI=1S/C20H30N4OS/c1-15-10-16(2)12-23(11-15)9-8-21-20(25)13-24-18-7-5-4-6-17(18)22-19(24)14-26-3/h4-7,15-16H,8-14H2,1-3H3,(H,21,25). The summed E-state index contributed by atoms with van der Waals surface area (Å²) in [5.74, 6) is 3.34. The summed E-state index contributed by atoms with van der Waals surface area (Å²) < 4.78 is 2.05. The minimum atomic E-state index is 0.0635. The van der Waals surface area contributed by atoms with Crippen molar-refractivity contribution in [2.24, 2.45) is 11.8 Å². The van der Waals surface area contributed by atoms with Crippen molar-refractivity contribution < 1.29 is 4.79 Å². The normalized spacial score (nSPS) is 21.2. The molecule has 0 aliphatic carbocycles. The number of carbonyl (C=O) groups excluding carboxylic acids is 1. The van der Waals surface area contributed by atoms with Crippen molar-refractivity contribution in [2.45, 2.75) is 32.6 Å². The van der Waals surface area contributed by atoms with Crippen LogP contribution in [0.2, 0.25) is 0 Å². The van der Waals surface area contributed by atoms with Gasteiger partial charge in [0.05, 0.1) is 16.8 Å². The Bertz CT molecular complexity index is 734. The SMILES string of the molecule is CSCc1nc2ccccc2n1CC(=O)NCCN1CC(C)CC(C)C1. The lowest BCUT2D eigenvalue weighted by atomic mass is 9.92. The number of nitrogens with one attached hydrogen (secondary N) is 1. The molecule has 0 bridgehead atoms. The summed E-state index contributed by atoms with van der Waals surface area (Å²) in [6.07, 6.45) is 3.37. The van der Waals surface area contributed by atoms with E-state index in [1.54, 1.807) is 11.8 Å². The van der Waals surface area contributed by atoms with Gasteiger partial charge in [0.1, 0.15) is 12.4 Å². The molecule has 0 saturated carbocycles. The van der Waals surface area contributed by atoms with Crippen LogP contribution in [0.3, 0.4) is 0 Å².